The highest BCUT2D eigenvalue weighted by Crippen LogP contribution is 2.39. The van der Waals surface area contributed by atoms with Crippen molar-refractivity contribution in [1.29, 1.82) is 0 Å². The molecule has 0 saturated carbocycles. The largest absolute Gasteiger partial charge is 0.484 e. The average molecular weight is 591 g/mol. The lowest BCUT2D eigenvalue weighted by Gasteiger charge is -2.36. The van der Waals surface area contributed by atoms with Crippen LogP contribution in [0.2, 0.25) is 0 Å². The molecule has 1 aliphatic heterocycles. The fraction of sp³-hybridized carbons (Fsp3) is 0.375. The van der Waals surface area contributed by atoms with E-state index < -0.39 is 58.2 Å². The van der Waals surface area contributed by atoms with Gasteiger partial charge in [-0.3, -0.25) is 19.2 Å². The standard InChI is InChI=1S/C24H26F4N4O7S/c1-23(2,24(26,27)28)39-22(35)30-15-7-10-19-18(11-15)32(40(36,37)17-8-5-14(25)6-9-17)13-16(38-19)12-29-20(33)21(34)31(3)4/h5-11,16H,12-13H2,1-4H3,(H,29,33)(H,30,35). The minimum atomic E-state index is -4.85. The van der Waals surface area contributed by atoms with Gasteiger partial charge in [0.2, 0.25) is 5.60 Å². The number of nitrogens with one attached hydrogen (secondary N) is 2. The number of likely N-dealkylation sites (N-methyl/N-ethyl adjacent to an activating group) is 1. The summed E-state index contributed by atoms with van der Waals surface area (Å²) in [5.74, 6) is -2.50. The third kappa shape index (κ3) is 6.73. The van der Waals surface area contributed by atoms with Crippen LogP contribution >= 0.6 is 0 Å². The van der Waals surface area contributed by atoms with Gasteiger partial charge in [0.25, 0.3) is 10.0 Å². The Kier molecular flexibility index (Phi) is 8.52. The Balaban J connectivity index is 1.93. The van der Waals surface area contributed by atoms with Crippen LogP contribution in [0.1, 0.15) is 13.8 Å². The number of rotatable bonds is 6. The summed E-state index contributed by atoms with van der Waals surface area (Å²) in [5, 5.41) is 4.49. The summed E-state index contributed by atoms with van der Waals surface area (Å²) in [6.07, 6.45) is -7.29. The highest BCUT2D eigenvalue weighted by atomic mass is 32.2. The molecule has 0 fully saturated rings. The van der Waals surface area contributed by atoms with Crippen molar-refractivity contribution >= 4 is 39.3 Å². The highest BCUT2D eigenvalue weighted by Gasteiger charge is 2.51. The molecule has 11 nitrogen and oxygen atoms in total. The molecule has 40 heavy (non-hydrogen) atoms. The summed E-state index contributed by atoms with van der Waals surface area (Å²) >= 11 is 0. The van der Waals surface area contributed by atoms with Crippen LogP contribution in [0, 0.1) is 5.82 Å². The molecular weight excluding hydrogens is 564 g/mol. The number of ether oxygens (including phenoxy) is 2. The van der Waals surface area contributed by atoms with Crippen molar-refractivity contribution in [3.05, 3.63) is 48.3 Å². The molecular formula is C24H26F4N4O7S. The van der Waals surface area contributed by atoms with Crippen molar-refractivity contribution in [3.8, 4) is 5.75 Å². The fourth-order valence-electron chi connectivity index (χ4n) is 3.38. The first-order valence-electron chi connectivity index (χ1n) is 11.6. The number of benzene rings is 2. The minimum absolute atomic E-state index is 0.0235. The van der Waals surface area contributed by atoms with E-state index in [1.807, 2.05) is 0 Å². The van der Waals surface area contributed by atoms with Gasteiger partial charge in [-0.1, -0.05) is 0 Å². The molecule has 3 rings (SSSR count). The third-order valence-corrected chi connectivity index (χ3v) is 7.45. The number of amides is 3. The summed E-state index contributed by atoms with van der Waals surface area (Å²) < 4.78 is 91.0. The van der Waals surface area contributed by atoms with E-state index in [-0.39, 0.29) is 28.6 Å². The van der Waals surface area contributed by atoms with Crippen LogP contribution < -0.4 is 19.7 Å². The van der Waals surface area contributed by atoms with Crippen LogP contribution in [-0.2, 0) is 24.3 Å². The Labute approximate surface area is 227 Å². The van der Waals surface area contributed by atoms with Crippen molar-refractivity contribution in [1.82, 2.24) is 10.2 Å². The van der Waals surface area contributed by atoms with Crippen LogP contribution in [0.4, 0.5) is 33.7 Å². The molecule has 0 spiro atoms. The number of carbonyl (C=O) groups is 3. The molecule has 3 amide bonds. The van der Waals surface area contributed by atoms with Crippen molar-refractivity contribution in [2.45, 2.75) is 36.6 Å². The number of sulfonamides is 1. The van der Waals surface area contributed by atoms with Gasteiger partial charge >= 0.3 is 24.1 Å². The molecule has 16 heteroatoms. The van der Waals surface area contributed by atoms with E-state index in [9.17, 15) is 40.4 Å². The molecule has 0 bridgehead atoms. The van der Waals surface area contributed by atoms with Crippen LogP contribution in [0.3, 0.4) is 0 Å². The third-order valence-electron chi connectivity index (χ3n) is 5.66. The van der Waals surface area contributed by atoms with Gasteiger partial charge in [0.1, 0.15) is 17.7 Å². The van der Waals surface area contributed by atoms with E-state index >= 15 is 0 Å². The lowest BCUT2D eigenvalue weighted by atomic mass is 10.1. The number of halogens is 4. The topological polar surface area (TPSA) is 134 Å². The quantitative estimate of drug-likeness (QED) is 0.390. The van der Waals surface area contributed by atoms with Crippen molar-refractivity contribution in [2.75, 3.05) is 36.8 Å². The lowest BCUT2D eigenvalue weighted by Crippen LogP contribution is -2.50. The lowest BCUT2D eigenvalue weighted by molar-refractivity contribution is -0.242. The Morgan fingerprint density at radius 3 is 2.30 bits per heavy atom. The van der Waals surface area contributed by atoms with Crippen LogP contribution in [0.15, 0.2) is 47.4 Å². The second kappa shape index (κ2) is 11.2. The smallest absolute Gasteiger partial charge is 0.427 e. The molecule has 1 atom stereocenters. The predicted octanol–water partition coefficient (Wildman–Crippen LogP) is 2.88. The summed E-state index contributed by atoms with van der Waals surface area (Å²) in [5.41, 5.74) is -3.03. The summed E-state index contributed by atoms with van der Waals surface area (Å²) in [6.45, 7) is 0.662. The van der Waals surface area contributed by atoms with Gasteiger partial charge in [-0.15, -0.1) is 0 Å². The highest BCUT2D eigenvalue weighted by molar-refractivity contribution is 7.92. The van der Waals surface area contributed by atoms with Gasteiger partial charge in [0, 0.05) is 19.8 Å². The average Bonchev–Trinajstić information content (AvgIpc) is 2.85. The zero-order valence-corrected chi connectivity index (χ0v) is 22.5. The second-order valence-electron chi connectivity index (χ2n) is 9.34. The molecule has 1 heterocycles. The fourth-order valence-corrected chi connectivity index (χ4v) is 4.87. The number of alkyl halides is 3. The van der Waals surface area contributed by atoms with Crippen molar-refractivity contribution in [2.24, 2.45) is 0 Å². The molecule has 0 aliphatic carbocycles. The number of nitrogens with zero attached hydrogens (tertiary/aromatic N) is 2. The minimum Gasteiger partial charge on any atom is -0.484 e. The van der Waals surface area contributed by atoms with Gasteiger partial charge in [0.05, 0.1) is 23.7 Å². The van der Waals surface area contributed by atoms with E-state index in [2.05, 4.69) is 15.4 Å². The number of hydrogen-bond donors (Lipinski definition) is 2. The molecule has 1 unspecified atom stereocenters. The number of hydrogen-bond acceptors (Lipinski definition) is 7. The van der Waals surface area contributed by atoms with Gasteiger partial charge in [-0.25, -0.2) is 17.6 Å². The zero-order chi connectivity index (χ0) is 30.0. The normalized spacial score (nSPS) is 15.4. The van der Waals surface area contributed by atoms with E-state index in [0.29, 0.717) is 13.8 Å². The van der Waals surface area contributed by atoms with Gasteiger partial charge in [-0.05, 0) is 56.3 Å². The zero-order valence-electron chi connectivity index (χ0n) is 21.7. The van der Waals surface area contributed by atoms with Gasteiger partial charge < -0.3 is 19.7 Å². The molecule has 1 aliphatic rings. The molecule has 218 valence electrons. The molecule has 0 aromatic heterocycles. The first kappa shape index (κ1) is 30.5. The van der Waals surface area contributed by atoms with Crippen molar-refractivity contribution in [3.63, 3.8) is 0 Å². The van der Waals surface area contributed by atoms with Gasteiger partial charge in [-0.2, -0.15) is 13.2 Å². The first-order valence-corrected chi connectivity index (χ1v) is 13.0. The molecule has 0 saturated heterocycles. The molecule has 0 radical (unpaired) electrons. The maximum Gasteiger partial charge on any atom is 0.427 e. The van der Waals surface area contributed by atoms with Crippen molar-refractivity contribution < 1.29 is 49.8 Å². The maximum atomic E-state index is 13.5. The molecule has 2 aromatic carbocycles. The van der Waals surface area contributed by atoms with E-state index in [1.54, 1.807) is 0 Å². The van der Waals surface area contributed by atoms with E-state index in [1.165, 1.54) is 26.2 Å². The number of anilines is 2. The first-order chi connectivity index (χ1) is 18.4. The molecule has 2 aromatic rings. The number of fused-ring (bicyclic) bond motifs is 1. The summed E-state index contributed by atoms with van der Waals surface area (Å²) in [4.78, 5) is 36.8. The Morgan fingerprint density at radius 2 is 1.73 bits per heavy atom. The number of carbonyl (C=O) groups excluding carboxylic acids is 3. The van der Waals surface area contributed by atoms with Gasteiger partial charge in [0.15, 0.2) is 0 Å². The van der Waals surface area contributed by atoms with Crippen LogP contribution in [0.5, 0.6) is 5.75 Å². The van der Waals surface area contributed by atoms with Crippen LogP contribution in [0.25, 0.3) is 0 Å². The summed E-state index contributed by atoms with van der Waals surface area (Å²) in [6, 6.07) is 7.58. The summed E-state index contributed by atoms with van der Waals surface area (Å²) in [7, 11) is -1.64. The maximum absolute atomic E-state index is 13.5. The van der Waals surface area contributed by atoms with Crippen LogP contribution in [-0.4, -0.2) is 76.3 Å². The Hall–Kier alpha value is -4.08. The monoisotopic (exact) mass is 590 g/mol. The predicted molar refractivity (Wildman–Crippen MR) is 134 cm³/mol. The Morgan fingerprint density at radius 1 is 1.10 bits per heavy atom. The molecule has 2 N–H and O–H groups in total. The van der Waals surface area contributed by atoms with E-state index in [4.69, 9.17) is 4.74 Å². The second-order valence-corrected chi connectivity index (χ2v) is 11.2. The SMILES string of the molecule is CN(C)C(=O)C(=O)NCC1CN(S(=O)(=O)c2ccc(F)cc2)c2cc(NC(=O)OC(C)(C)C(F)(F)F)ccc2O1. The van der Waals surface area contributed by atoms with E-state index in [0.717, 1.165) is 39.5 Å². The Bertz CT molecular complexity index is 1400.